The molecule has 0 radical (unpaired) electrons. The van der Waals surface area contributed by atoms with Crippen LogP contribution in [0.2, 0.25) is 0 Å². The number of hydrogen-bond donors (Lipinski definition) is 2. The Bertz CT molecular complexity index is 2150. The fourth-order valence-electron chi connectivity index (χ4n) is 6.89. The fraction of sp³-hybridized carbons (Fsp3) is 0.512. The number of benzene rings is 2. The number of phenols is 2. The lowest BCUT2D eigenvalue weighted by atomic mass is 9.97. The fourth-order valence-corrected chi connectivity index (χ4v) is 6.89. The van der Waals surface area contributed by atoms with Gasteiger partial charge in [-0.05, 0) is 30.2 Å². The van der Waals surface area contributed by atoms with Crippen LogP contribution < -0.4 is 9.47 Å². The van der Waals surface area contributed by atoms with Crippen LogP contribution in [-0.2, 0) is 92.1 Å². The van der Waals surface area contributed by atoms with Gasteiger partial charge in [0.1, 0.15) is 48.4 Å². The van der Waals surface area contributed by atoms with Gasteiger partial charge in [-0.15, -0.1) is 0 Å². The average molecular weight is 935 g/mol. The van der Waals surface area contributed by atoms with Crippen LogP contribution in [0.1, 0.15) is 77.7 Å². The molecule has 2 aliphatic heterocycles. The van der Waals surface area contributed by atoms with E-state index in [-0.39, 0.29) is 41.2 Å². The Hall–Kier alpha value is -7.01. The van der Waals surface area contributed by atoms with E-state index in [1.807, 2.05) is 0 Å². The van der Waals surface area contributed by atoms with Crippen molar-refractivity contribution in [3.8, 4) is 23.0 Å². The SMILES string of the molecule is CC(=O)OC[C@H]1OC(Oc2ccc(CCC(=O)c3ccc(O)cc3O)c(OC3O[C@H](COC(C)=O)[C@@H](OC(C)=O)[C@H](OC(C)=O)[C@H]3OC(C)=O)c2)[C@H](OC(C)=O)[C@@H](OC(C)=O)[C@@H]1OC(C)=O. The summed E-state index contributed by atoms with van der Waals surface area (Å²) in [5.41, 5.74) is 0.0850. The number of carbonyl (C=O) groups excluding carboxylic acids is 9. The van der Waals surface area contributed by atoms with E-state index in [4.69, 9.17) is 56.8 Å². The largest absolute Gasteiger partial charge is 0.508 e. The lowest BCUT2D eigenvalue weighted by Crippen LogP contribution is -2.63. The molecule has 2 aromatic rings. The highest BCUT2D eigenvalue weighted by Crippen LogP contribution is 2.37. The first-order valence-electron chi connectivity index (χ1n) is 20.1. The number of carbonyl (C=O) groups is 9. The van der Waals surface area contributed by atoms with Crippen molar-refractivity contribution in [1.82, 2.24) is 0 Å². The van der Waals surface area contributed by atoms with Gasteiger partial charge in [0.15, 0.2) is 30.2 Å². The molecule has 0 saturated carbocycles. The van der Waals surface area contributed by atoms with Crippen LogP contribution in [0, 0.1) is 0 Å². The number of rotatable bonds is 18. The molecule has 0 spiro atoms. The highest BCUT2D eigenvalue weighted by atomic mass is 16.8. The summed E-state index contributed by atoms with van der Waals surface area (Å²) in [5, 5.41) is 20.1. The van der Waals surface area contributed by atoms with E-state index in [1.54, 1.807) is 0 Å². The summed E-state index contributed by atoms with van der Waals surface area (Å²) in [6, 6.07) is 7.38. The molecule has 360 valence electrons. The summed E-state index contributed by atoms with van der Waals surface area (Å²) < 4.78 is 68.0. The normalized spacial score (nSPS) is 24.5. The Morgan fingerprint density at radius 3 is 1.35 bits per heavy atom. The van der Waals surface area contributed by atoms with Gasteiger partial charge >= 0.3 is 47.8 Å². The van der Waals surface area contributed by atoms with Crippen molar-refractivity contribution in [2.75, 3.05) is 13.2 Å². The molecule has 2 aromatic carbocycles. The number of hydrogen-bond acceptors (Lipinski definition) is 23. The predicted octanol–water partition coefficient (Wildman–Crippen LogP) is 1.84. The maximum atomic E-state index is 13.4. The molecular weight excluding hydrogens is 884 g/mol. The first-order valence-corrected chi connectivity index (χ1v) is 20.1. The quantitative estimate of drug-likeness (QED) is 0.122. The molecule has 0 aliphatic carbocycles. The molecule has 2 N–H and O–H groups in total. The molecule has 10 atom stereocenters. The Balaban J connectivity index is 1.86. The van der Waals surface area contributed by atoms with Gasteiger partial charge in [0.05, 0.1) is 5.56 Å². The molecule has 23 nitrogen and oxygen atoms in total. The van der Waals surface area contributed by atoms with Crippen LogP contribution in [0.25, 0.3) is 0 Å². The van der Waals surface area contributed by atoms with Gasteiger partial charge in [0, 0.05) is 73.9 Å². The number of ether oxygens (including phenoxy) is 12. The van der Waals surface area contributed by atoms with Crippen molar-refractivity contribution in [3.05, 3.63) is 47.5 Å². The zero-order valence-electron chi connectivity index (χ0n) is 37.0. The van der Waals surface area contributed by atoms with Crippen LogP contribution in [0.3, 0.4) is 0 Å². The van der Waals surface area contributed by atoms with Gasteiger partial charge < -0.3 is 67.1 Å². The maximum absolute atomic E-state index is 13.4. The second-order valence-corrected chi connectivity index (χ2v) is 14.8. The first-order chi connectivity index (χ1) is 31.0. The highest BCUT2D eigenvalue weighted by molar-refractivity contribution is 5.98. The van der Waals surface area contributed by atoms with Crippen molar-refractivity contribution in [2.24, 2.45) is 0 Å². The number of aromatic hydroxyl groups is 2. The van der Waals surface area contributed by atoms with Gasteiger partial charge in [-0.3, -0.25) is 43.2 Å². The van der Waals surface area contributed by atoms with E-state index in [0.717, 1.165) is 61.5 Å². The number of ketones is 1. The summed E-state index contributed by atoms with van der Waals surface area (Å²) in [5.74, 6) is -8.69. The van der Waals surface area contributed by atoms with E-state index < -0.39 is 134 Å². The topological polar surface area (TPSA) is 305 Å². The van der Waals surface area contributed by atoms with E-state index in [9.17, 15) is 53.4 Å². The van der Waals surface area contributed by atoms with E-state index >= 15 is 0 Å². The zero-order chi connectivity index (χ0) is 49.0. The molecule has 2 saturated heterocycles. The summed E-state index contributed by atoms with van der Waals surface area (Å²) in [4.78, 5) is 112. The average Bonchev–Trinajstić information content (AvgIpc) is 3.19. The number of phenolic OH excluding ortho intramolecular Hbond substituents is 2. The Morgan fingerprint density at radius 2 is 0.924 bits per heavy atom. The highest BCUT2D eigenvalue weighted by Gasteiger charge is 2.55. The maximum Gasteiger partial charge on any atom is 0.303 e. The summed E-state index contributed by atoms with van der Waals surface area (Å²) in [7, 11) is 0. The monoisotopic (exact) mass is 934 g/mol. The minimum Gasteiger partial charge on any atom is -0.508 e. The van der Waals surface area contributed by atoms with Crippen molar-refractivity contribution in [2.45, 2.75) is 130 Å². The number of esters is 8. The zero-order valence-corrected chi connectivity index (χ0v) is 37.0. The van der Waals surface area contributed by atoms with Crippen LogP contribution in [-0.4, -0.2) is 138 Å². The van der Waals surface area contributed by atoms with Gasteiger partial charge in [-0.1, -0.05) is 6.07 Å². The van der Waals surface area contributed by atoms with Crippen molar-refractivity contribution >= 4 is 53.5 Å². The molecule has 0 amide bonds. The van der Waals surface area contributed by atoms with E-state index in [0.29, 0.717) is 0 Å². The molecule has 23 heteroatoms. The van der Waals surface area contributed by atoms with Crippen LogP contribution in [0.15, 0.2) is 36.4 Å². The van der Waals surface area contributed by atoms with E-state index in [2.05, 4.69) is 0 Å². The van der Waals surface area contributed by atoms with Crippen LogP contribution in [0.4, 0.5) is 0 Å². The van der Waals surface area contributed by atoms with Crippen molar-refractivity contribution in [3.63, 3.8) is 0 Å². The molecule has 4 rings (SSSR count). The Labute approximate surface area is 376 Å². The minimum atomic E-state index is -1.79. The van der Waals surface area contributed by atoms with Crippen molar-refractivity contribution < 1.29 is 110 Å². The van der Waals surface area contributed by atoms with Crippen LogP contribution in [0.5, 0.6) is 23.0 Å². The van der Waals surface area contributed by atoms with Gasteiger partial charge in [-0.25, -0.2) is 0 Å². The third-order valence-electron chi connectivity index (χ3n) is 9.33. The van der Waals surface area contributed by atoms with E-state index in [1.165, 1.54) is 30.3 Å². The summed E-state index contributed by atoms with van der Waals surface area (Å²) >= 11 is 0. The van der Waals surface area contributed by atoms with Crippen molar-refractivity contribution in [1.29, 1.82) is 0 Å². The van der Waals surface area contributed by atoms with Gasteiger partial charge in [-0.2, -0.15) is 0 Å². The molecule has 2 fully saturated rings. The van der Waals surface area contributed by atoms with Gasteiger partial charge in [0.2, 0.25) is 24.8 Å². The van der Waals surface area contributed by atoms with Crippen LogP contribution >= 0.6 is 0 Å². The Kier molecular flexibility index (Phi) is 18.2. The smallest absolute Gasteiger partial charge is 0.303 e. The molecule has 0 aromatic heterocycles. The Morgan fingerprint density at radius 1 is 0.500 bits per heavy atom. The molecule has 0 bridgehead atoms. The predicted molar refractivity (Wildman–Crippen MR) is 214 cm³/mol. The summed E-state index contributed by atoms with van der Waals surface area (Å²) in [6.07, 6.45) is -16.5. The third kappa shape index (κ3) is 14.8. The molecule has 66 heavy (non-hydrogen) atoms. The standard InChI is InChI=1S/C43H50O23/c1-19(44)55-17-34-36(57-21(3)46)38(59-23(5)48)40(61-25(7)50)42(65-34)63-29-12-9-27(10-14-31(53)30-13-11-28(52)15-32(30)54)33(16-29)64-43-41(62-26(8)51)39(60-24(6)49)37(58-22(4)47)35(66-43)18-56-20(2)45/h9,11-13,15-16,34-43,52,54H,10,14,17-18H2,1-8H3/t34-,35-,36-,37-,38+,39+,40-,41-,42?,43?/m1/s1. The molecule has 2 heterocycles. The molecular formula is C43H50O23. The molecule has 2 unspecified atom stereocenters. The lowest BCUT2D eigenvalue weighted by Gasteiger charge is -2.44. The number of Topliss-reactive ketones (excluding diaryl/α,β-unsaturated/α-hetero) is 1. The number of aryl methyl sites for hydroxylation is 1. The lowest BCUT2D eigenvalue weighted by molar-refractivity contribution is -0.289. The third-order valence-corrected chi connectivity index (χ3v) is 9.33. The van der Waals surface area contributed by atoms with Gasteiger partial charge in [0.25, 0.3) is 0 Å². The first kappa shape index (κ1) is 51.6. The second kappa shape index (κ2) is 23.3. The molecule has 2 aliphatic rings. The minimum absolute atomic E-state index is 0.126. The summed E-state index contributed by atoms with van der Waals surface area (Å²) in [6.45, 7) is 7.21. The second-order valence-electron chi connectivity index (χ2n) is 14.8.